The number of nitrogens with one attached hydrogen (secondary N) is 1. The average Bonchev–Trinajstić information content (AvgIpc) is 3.27. The Labute approximate surface area is 179 Å². The van der Waals surface area contributed by atoms with Crippen molar-refractivity contribution in [3.8, 4) is 5.75 Å². The second-order valence-electron chi connectivity index (χ2n) is 7.20. The molecule has 4 rings (SSSR count). The SMILES string of the molecule is CC(C)OC(=O)c1ccc(NC(c2cccs2)c2ccc3cccnc3c2O)cc1. The van der Waals surface area contributed by atoms with E-state index in [1.165, 1.54) is 0 Å². The molecule has 2 heterocycles. The predicted molar refractivity (Wildman–Crippen MR) is 120 cm³/mol. The third-order valence-corrected chi connectivity index (χ3v) is 5.63. The van der Waals surface area contributed by atoms with Gasteiger partial charge in [-0.1, -0.05) is 24.3 Å². The third-order valence-electron chi connectivity index (χ3n) is 4.69. The summed E-state index contributed by atoms with van der Waals surface area (Å²) in [5.41, 5.74) is 2.65. The first-order valence-electron chi connectivity index (χ1n) is 9.70. The Morgan fingerprint density at radius 3 is 2.57 bits per heavy atom. The van der Waals surface area contributed by atoms with E-state index in [1.54, 1.807) is 29.7 Å². The molecular formula is C24H22N2O3S. The van der Waals surface area contributed by atoms with Gasteiger partial charge < -0.3 is 15.2 Å². The molecule has 1 atom stereocenters. The van der Waals surface area contributed by atoms with E-state index in [9.17, 15) is 9.90 Å². The van der Waals surface area contributed by atoms with Crippen LogP contribution in [0.5, 0.6) is 5.75 Å². The molecule has 2 N–H and O–H groups in total. The Morgan fingerprint density at radius 1 is 1.07 bits per heavy atom. The topological polar surface area (TPSA) is 71.5 Å². The Morgan fingerprint density at radius 2 is 1.87 bits per heavy atom. The number of pyridine rings is 1. The molecule has 0 saturated carbocycles. The molecule has 0 bridgehead atoms. The molecule has 2 aromatic heterocycles. The van der Waals surface area contributed by atoms with E-state index in [2.05, 4.69) is 10.3 Å². The number of phenols is 1. The molecule has 5 nitrogen and oxygen atoms in total. The Kier molecular flexibility index (Phi) is 5.68. The average molecular weight is 419 g/mol. The number of anilines is 1. The number of thiophene rings is 1. The van der Waals surface area contributed by atoms with Crippen LogP contribution in [0.15, 0.2) is 72.2 Å². The number of carbonyl (C=O) groups is 1. The Hall–Kier alpha value is -3.38. The van der Waals surface area contributed by atoms with Crippen molar-refractivity contribution >= 4 is 33.9 Å². The van der Waals surface area contributed by atoms with Crippen LogP contribution in [0.4, 0.5) is 5.69 Å². The van der Waals surface area contributed by atoms with Crippen molar-refractivity contribution in [2.75, 3.05) is 5.32 Å². The van der Waals surface area contributed by atoms with Crippen molar-refractivity contribution in [2.24, 2.45) is 0 Å². The van der Waals surface area contributed by atoms with Crippen LogP contribution < -0.4 is 5.32 Å². The van der Waals surface area contributed by atoms with E-state index in [0.29, 0.717) is 11.1 Å². The third kappa shape index (κ3) is 4.14. The monoisotopic (exact) mass is 418 g/mol. The van der Waals surface area contributed by atoms with E-state index in [-0.39, 0.29) is 23.9 Å². The summed E-state index contributed by atoms with van der Waals surface area (Å²) in [4.78, 5) is 17.5. The van der Waals surface area contributed by atoms with Crippen LogP contribution >= 0.6 is 11.3 Å². The molecule has 0 aliphatic carbocycles. The Balaban J connectivity index is 1.67. The summed E-state index contributed by atoms with van der Waals surface area (Å²) < 4.78 is 5.24. The summed E-state index contributed by atoms with van der Waals surface area (Å²) >= 11 is 1.61. The first kappa shape index (κ1) is 19.9. The van der Waals surface area contributed by atoms with Crippen molar-refractivity contribution < 1.29 is 14.6 Å². The van der Waals surface area contributed by atoms with Gasteiger partial charge >= 0.3 is 5.97 Å². The van der Waals surface area contributed by atoms with Gasteiger partial charge in [0.1, 0.15) is 11.3 Å². The molecule has 4 aromatic rings. The molecule has 0 amide bonds. The highest BCUT2D eigenvalue weighted by molar-refractivity contribution is 7.10. The first-order valence-corrected chi connectivity index (χ1v) is 10.6. The van der Waals surface area contributed by atoms with E-state index >= 15 is 0 Å². The van der Waals surface area contributed by atoms with Crippen molar-refractivity contribution in [3.05, 3.63) is 88.2 Å². The summed E-state index contributed by atoms with van der Waals surface area (Å²) in [7, 11) is 0. The lowest BCUT2D eigenvalue weighted by molar-refractivity contribution is 0.0378. The van der Waals surface area contributed by atoms with E-state index < -0.39 is 0 Å². The highest BCUT2D eigenvalue weighted by atomic mass is 32.1. The lowest BCUT2D eigenvalue weighted by atomic mass is 10.0. The summed E-state index contributed by atoms with van der Waals surface area (Å²) in [5.74, 6) is -0.180. The van der Waals surface area contributed by atoms with E-state index in [4.69, 9.17) is 4.74 Å². The molecular weight excluding hydrogens is 396 g/mol. The minimum absolute atomic E-state index is 0.163. The molecule has 152 valence electrons. The highest BCUT2D eigenvalue weighted by Gasteiger charge is 2.21. The molecule has 2 aromatic carbocycles. The van der Waals surface area contributed by atoms with Crippen LogP contribution in [0, 0.1) is 0 Å². The molecule has 0 aliphatic heterocycles. The number of carbonyl (C=O) groups excluding carboxylic acids is 1. The van der Waals surface area contributed by atoms with Gasteiger partial charge in [0.05, 0.1) is 17.7 Å². The van der Waals surface area contributed by atoms with Gasteiger partial charge in [0, 0.05) is 27.7 Å². The van der Waals surface area contributed by atoms with Gasteiger partial charge in [-0.2, -0.15) is 0 Å². The molecule has 6 heteroatoms. The predicted octanol–water partition coefficient (Wildman–Crippen LogP) is 5.77. The zero-order chi connectivity index (χ0) is 21.1. The second kappa shape index (κ2) is 8.55. The minimum atomic E-state index is -0.343. The number of benzene rings is 2. The maximum atomic E-state index is 12.1. The van der Waals surface area contributed by atoms with Crippen molar-refractivity contribution in [1.82, 2.24) is 4.98 Å². The number of esters is 1. The highest BCUT2D eigenvalue weighted by Crippen LogP contribution is 2.37. The van der Waals surface area contributed by atoms with Gasteiger partial charge in [-0.05, 0) is 55.6 Å². The smallest absolute Gasteiger partial charge is 0.338 e. The van der Waals surface area contributed by atoms with Gasteiger partial charge in [0.2, 0.25) is 0 Å². The lowest BCUT2D eigenvalue weighted by Crippen LogP contribution is -2.13. The fourth-order valence-corrected chi connectivity index (χ4v) is 4.08. The number of fused-ring (bicyclic) bond motifs is 1. The number of hydrogen-bond acceptors (Lipinski definition) is 6. The zero-order valence-electron chi connectivity index (χ0n) is 16.7. The molecule has 0 saturated heterocycles. The maximum absolute atomic E-state index is 12.1. The van der Waals surface area contributed by atoms with Crippen molar-refractivity contribution in [3.63, 3.8) is 0 Å². The lowest BCUT2D eigenvalue weighted by Gasteiger charge is -2.21. The fourth-order valence-electron chi connectivity index (χ4n) is 3.29. The quantitative estimate of drug-likeness (QED) is 0.389. The molecule has 1 unspecified atom stereocenters. The van der Waals surface area contributed by atoms with E-state index in [0.717, 1.165) is 21.5 Å². The zero-order valence-corrected chi connectivity index (χ0v) is 17.5. The maximum Gasteiger partial charge on any atom is 0.338 e. The van der Waals surface area contributed by atoms with Gasteiger partial charge in [-0.15, -0.1) is 11.3 Å². The number of aromatic nitrogens is 1. The number of nitrogens with zero attached hydrogens (tertiary/aromatic N) is 1. The molecule has 30 heavy (non-hydrogen) atoms. The summed E-state index contributed by atoms with van der Waals surface area (Å²) in [6, 6.07) is 18.6. The summed E-state index contributed by atoms with van der Waals surface area (Å²) in [6.45, 7) is 3.65. The van der Waals surface area contributed by atoms with E-state index in [1.807, 2.05) is 67.8 Å². The second-order valence-corrected chi connectivity index (χ2v) is 8.18. The van der Waals surface area contributed by atoms with Gasteiger partial charge in [0.15, 0.2) is 0 Å². The summed E-state index contributed by atoms with van der Waals surface area (Å²) in [6.07, 6.45) is 1.51. The molecule has 0 aliphatic rings. The number of rotatable bonds is 6. The summed E-state index contributed by atoms with van der Waals surface area (Å²) in [5, 5.41) is 17.3. The minimum Gasteiger partial charge on any atom is -0.505 e. The number of hydrogen-bond donors (Lipinski definition) is 2. The number of ether oxygens (including phenoxy) is 1. The van der Waals surface area contributed by atoms with Crippen LogP contribution in [0.25, 0.3) is 10.9 Å². The molecule has 0 fully saturated rings. The van der Waals surface area contributed by atoms with Crippen LogP contribution in [0.3, 0.4) is 0 Å². The first-order chi connectivity index (χ1) is 14.5. The van der Waals surface area contributed by atoms with Crippen molar-refractivity contribution in [2.45, 2.75) is 26.0 Å². The van der Waals surface area contributed by atoms with Crippen LogP contribution in [0.2, 0.25) is 0 Å². The molecule has 0 spiro atoms. The van der Waals surface area contributed by atoms with Crippen LogP contribution in [-0.4, -0.2) is 22.2 Å². The van der Waals surface area contributed by atoms with Gasteiger partial charge in [-0.25, -0.2) is 4.79 Å². The Bertz CT molecular complexity index is 1160. The van der Waals surface area contributed by atoms with Crippen LogP contribution in [0.1, 0.15) is 40.7 Å². The number of phenolic OH excluding ortho intramolecular Hbond substituents is 1. The standard InChI is InChI=1S/C24H22N2O3S/c1-15(2)29-24(28)17-7-10-18(11-8-17)26-22(20-6-4-14-30-20)19-12-9-16-5-3-13-25-21(16)23(19)27/h3-15,22,26-27H,1-2H3. The number of aromatic hydroxyl groups is 1. The van der Waals surface area contributed by atoms with Gasteiger partial charge in [-0.3, -0.25) is 4.98 Å². The van der Waals surface area contributed by atoms with Crippen LogP contribution in [-0.2, 0) is 4.74 Å². The fraction of sp³-hybridized carbons (Fsp3) is 0.167. The van der Waals surface area contributed by atoms with Gasteiger partial charge in [0.25, 0.3) is 0 Å². The molecule has 0 radical (unpaired) electrons. The normalized spacial score (nSPS) is 12.1. The van der Waals surface area contributed by atoms with Crippen molar-refractivity contribution in [1.29, 1.82) is 0 Å². The largest absolute Gasteiger partial charge is 0.505 e.